The van der Waals surface area contributed by atoms with Crippen LogP contribution < -0.4 is 0 Å². The zero-order valence-electron chi connectivity index (χ0n) is 16.9. The van der Waals surface area contributed by atoms with Gasteiger partial charge in [-0.15, -0.1) is 0 Å². The van der Waals surface area contributed by atoms with Gasteiger partial charge >= 0.3 is 0 Å². The van der Waals surface area contributed by atoms with Gasteiger partial charge in [-0.2, -0.15) is 4.99 Å². The number of benzene rings is 3. The molecule has 1 amide bonds. The lowest BCUT2D eigenvalue weighted by molar-refractivity contribution is -0.118. The summed E-state index contributed by atoms with van der Waals surface area (Å²) in [6.07, 6.45) is 7.87. The van der Waals surface area contributed by atoms with Gasteiger partial charge in [-0.05, 0) is 28.8 Å². The van der Waals surface area contributed by atoms with Crippen LogP contribution in [0.2, 0.25) is 0 Å². The normalized spacial score (nSPS) is 16.0. The number of amides is 1. The molecule has 3 aromatic carbocycles. The molecule has 3 aromatic rings. The second-order valence-electron chi connectivity index (χ2n) is 7.48. The molecule has 0 saturated heterocycles. The molecule has 4 heteroatoms. The van der Waals surface area contributed by atoms with Crippen molar-refractivity contribution >= 4 is 17.6 Å². The number of nitrogens with zero attached hydrogens (tertiary/aromatic N) is 3. The third kappa shape index (κ3) is 3.88. The number of fused-ring (bicyclic) bond motifs is 2. The average Bonchev–Trinajstić information content (AvgIpc) is 2.97. The number of rotatable bonds is 3. The maximum atomic E-state index is 13.6. The third-order valence-corrected chi connectivity index (χ3v) is 5.46. The van der Waals surface area contributed by atoms with E-state index in [9.17, 15) is 4.79 Å². The van der Waals surface area contributed by atoms with E-state index >= 15 is 0 Å². The fraction of sp³-hybridized carbons (Fsp3) is 0.0741. The van der Waals surface area contributed by atoms with E-state index in [1.54, 1.807) is 0 Å². The van der Waals surface area contributed by atoms with Crippen molar-refractivity contribution in [3.63, 3.8) is 0 Å². The summed E-state index contributed by atoms with van der Waals surface area (Å²) in [7, 11) is 0. The largest absolute Gasteiger partial charge is 0.329 e. The molecule has 0 spiro atoms. The first kappa shape index (κ1) is 18.9. The van der Waals surface area contributed by atoms with E-state index in [0.29, 0.717) is 12.4 Å². The van der Waals surface area contributed by atoms with Gasteiger partial charge in [0.1, 0.15) is 5.84 Å². The summed E-state index contributed by atoms with van der Waals surface area (Å²) in [5, 5.41) is 0. The highest BCUT2D eigenvalue weighted by atomic mass is 16.1. The number of hydrogen-bond acceptors (Lipinski definition) is 2. The van der Waals surface area contributed by atoms with Gasteiger partial charge < -0.3 is 4.90 Å². The molecule has 2 aliphatic rings. The lowest BCUT2D eigenvalue weighted by atomic mass is 9.90. The zero-order valence-corrected chi connectivity index (χ0v) is 16.9. The van der Waals surface area contributed by atoms with Gasteiger partial charge in [-0.3, -0.25) is 4.79 Å². The summed E-state index contributed by atoms with van der Waals surface area (Å²) in [6.45, 7) is 0.684. The van der Waals surface area contributed by atoms with Crippen LogP contribution >= 0.6 is 0 Å². The average molecular weight is 403 g/mol. The van der Waals surface area contributed by atoms with Crippen LogP contribution in [0.3, 0.4) is 0 Å². The fourth-order valence-corrected chi connectivity index (χ4v) is 3.95. The van der Waals surface area contributed by atoms with Gasteiger partial charge in [0.25, 0.3) is 5.91 Å². The van der Waals surface area contributed by atoms with Crippen molar-refractivity contribution in [2.24, 2.45) is 9.98 Å². The fourth-order valence-electron chi connectivity index (χ4n) is 3.95. The third-order valence-electron chi connectivity index (χ3n) is 5.46. The molecule has 0 atom stereocenters. The number of hydrogen-bond donors (Lipinski definition) is 0. The van der Waals surface area contributed by atoms with Gasteiger partial charge in [-0.1, -0.05) is 91.0 Å². The van der Waals surface area contributed by atoms with Crippen molar-refractivity contribution < 1.29 is 4.79 Å². The predicted molar refractivity (Wildman–Crippen MR) is 124 cm³/mol. The Morgan fingerprint density at radius 3 is 2.19 bits per heavy atom. The SMILES string of the molecule is O=C(N=C1N=C2C=CC=CN2Cc2ccccc21)C(c1ccccc1)c1ccccc1. The monoisotopic (exact) mass is 403 g/mol. The number of amidine groups is 2. The summed E-state index contributed by atoms with van der Waals surface area (Å²) < 4.78 is 0. The number of aliphatic imine (C=N–C) groups is 2. The van der Waals surface area contributed by atoms with Crippen molar-refractivity contribution in [3.8, 4) is 0 Å². The molecule has 0 N–H and O–H groups in total. The Bertz CT molecular complexity index is 1180. The maximum Gasteiger partial charge on any atom is 0.259 e. The topological polar surface area (TPSA) is 45.0 Å². The minimum absolute atomic E-state index is 0.227. The molecule has 0 saturated carbocycles. The molecule has 0 aromatic heterocycles. The summed E-state index contributed by atoms with van der Waals surface area (Å²) in [5.74, 6) is 0.523. The molecule has 0 radical (unpaired) electrons. The Kier molecular flexibility index (Phi) is 5.11. The minimum Gasteiger partial charge on any atom is -0.329 e. The summed E-state index contributed by atoms with van der Waals surface area (Å²) >= 11 is 0. The van der Waals surface area contributed by atoms with Gasteiger partial charge in [0, 0.05) is 18.3 Å². The van der Waals surface area contributed by atoms with E-state index in [-0.39, 0.29) is 5.91 Å². The van der Waals surface area contributed by atoms with Crippen molar-refractivity contribution in [3.05, 3.63) is 132 Å². The Labute approximate surface area is 181 Å². The number of carbonyl (C=O) groups is 1. The molecule has 150 valence electrons. The minimum atomic E-state index is -0.483. The molecule has 0 unspecified atom stereocenters. The number of allylic oxidation sites excluding steroid dienone is 2. The standard InChI is InChI=1S/C27H21N3O/c31-27(25(20-11-3-1-4-12-20)21-13-5-2-6-14-21)29-26-23-16-8-7-15-22(23)19-30-18-10-9-17-24(30)28-26/h1-18,25H,19H2. The molecule has 31 heavy (non-hydrogen) atoms. The summed E-state index contributed by atoms with van der Waals surface area (Å²) in [5.41, 5.74) is 3.81. The summed E-state index contributed by atoms with van der Waals surface area (Å²) in [6, 6.07) is 27.6. The van der Waals surface area contributed by atoms with Gasteiger partial charge in [0.05, 0.1) is 5.92 Å². The van der Waals surface area contributed by atoms with Gasteiger partial charge in [-0.25, -0.2) is 4.99 Å². The van der Waals surface area contributed by atoms with E-state index in [0.717, 1.165) is 28.1 Å². The van der Waals surface area contributed by atoms with Crippen molar-refractivity contribution in [2.45, 2.75) is 12.5 Å². The van der Waals surface area contributed by atoms with Crippen LogP contribution in [0.4, 0.5) is 0 Å². The van der Waals surface area contributed by atoms with Crippen LogP contribution in [0.5, 0.6) is 0 Å². The Hall–Kier alpha value is -4.05. The molecule has 2 heterocycles. The first-order valence-electron chi connectivity index (χ1n) is 10.3. The zero-order chi connectivity index (χ0) is 21.0. The first-order chi connectivity index (χ1) is 15.3. The van der Waals surface area contributed by atoms with Crippen molar-refractivity contribution in [2.75, 3.05) is 0 Å². The van der Waals surface area contributed by atoms with Crippen LogP contribution in [0.1, 0.15) is 28.2 Å². The molecule has 0 aliphatic carbocycles. The molecule has 4 nitrogen and oxygen atoms in total. The second kappa shape index (κ2) is 8.36. The maximum absolute atomic E-state index is 13.6. The van der Waals surface area contributed by atoms with E-state index in [2.05, 4.69) is 16.0 Å². The van der Waals surface area contributed by atoms with E-state index in [1.807, 2.05) is 103 Å². The Morgan fingerprint density at radius 2 is 1.48 bits per heavy atom. The molecular weight excluding hydrogens is 382 g/mol. The second-order valence-corrected chi connectivity index (χ2v) is 7.48. The van der Waals surface area contributed by atoms with Crippen LogP contribution in [0.25, 0.3) is 0 Å². The van der Waals surface area contributed by atoms with Crippen LogP contribution in [0.15, 0.2) is 119 Å². The van der Waals surface area contributed by atoms with Crippen LogP contribution in [-0.2, 0) is 11.3 Å². The lowest BCUT2D eigenvalue weighted by Gasteiger charge is -2.20. The first-order valence-corrected chi connectivity index (χ1v) is 10.3. The van der Waals surface area contributed by atoms with Crippen LogP contribution in [-0.4, -0.2) is 22.5 Å². The molecule has 0 fully saturated rings. The highest BCUT2D eigenvalue weighted by Crippen LogP contribution is 2.27. The van der Waals surface area contributed by atoms with Crippen molar-refractivity contribution in [1.82, 2.24) is 4.90 Å². The molecular formula is C27H21N3O. The highest BCUT2D eigenvalue weighted by molar-refractivity contribution is 6.15. The predicted octanol–water partition coefficient (Wildman–Crippen LogP) is 5.09. The quantitative estimate of drug-likeness (QED) is 0.611. The molecule has 0 bridgehead atoms. The lowest BCUT2D eigenvalue weighted by Crippen LogP contribution is -2.24. The number of carbonyl (C=O) groups excluding carboxylic acids is 1. The Balaban J connectivity index is 1.62. The highest BCUT2D eigenvalue weighted by Gasteiger charge is 2.25. The molecule has 2 aliphatic heterocycles. The molecule has 5 rings (SSSR count). The summed E-state index contributed by atoms with van der Waals surface area (Å²) in [4.78, 5) is 25.0. The van der Waals surface area contributed by atoms with E-state index < -0.39 is 5.92 Å². The van der Waals surface area contributed by atoms with E-state index in [1.165, 1.54) is 0 Å². The van der Waals surface area contributed by atoms with Crippen molar-refractivity contribution in [1.29, 1.82) is 0 Å². The van der Waals surface area contributed by atoms with E-state index in [4.69, 9.17) is 4.99 Å². The van der Waals surface area contributed by atoms with Gasteiger partial charge in [0.2, 0.25) is 0 Å². The van der Waals surface area contributed by atoms with Gasteiger partial charge in [0.15, 0.2) is 5.84 Å². The Morgan fingerprint density at radius 1 is 0.839 bits per heavy atom. The van der Waals surface area contributed by atoms with Crippen LogP contribution in [0, 0.1) is 0 Å². The smallest absolute Gasteiger partial charge is 0.259 e.